The number of carbonyl (C=O) groups is 3. The standard InChI is InChI=1S/C19H20N2O5/c1-3-25-18-10-14(11-22)4-9-17(18)26-12-19(24)21-16-7-5-15(6-8-16)20-13(2)23/h4-11H,3,12H2,1-2H3,(H,20,23)(H,21,24). The van der Waals surface area contributed by atoms with Gasteiger partial charge in [0.1, 0.15) is 6.29 Å². The molecule has 0 bridgehead atoms. The molecule has 0 unspecified atom stereocenters. The van der Waals surface area contributed by atoms with Crippen molar-refractivity contribution in [3.8, 4) is 11.5 Å². The second-order valence-electron chi connectivity index (χ2n) is 5.35. The lowest BCUT2D eigenvalue weighted by molar-refractivity contribution is -0.118. The lowest BCUT2D eigenvalue weighted by atomic mass is 10.2. The highest BCUT2D eigenvalue weighted by atomic mass is 16.5. The van der Waals surface area contributed by atoms with Crippen molar-refractivity contribution in [2.24, 2.45) is 0 Å². The molecule has 2 amide bonds. The van der Waals surface area contributed by atoms with Crippen LogP contribution in [0, 0.1) is 0 Å². The Bertz CT molecular complexity index is 787. The van der Waals surface area contributed by atoms with E-state index in [2.05, 4.69) is 10.6 Å². The first-order valence-electron chi connectivity index (χ1n) is 8.04. The van der Waals surface area contributed by atoms with Crippen LogP contribution in [0.4, 0.5) is 11.4 Å². The topological polar surface area (TPSA) is 93.7 Å². The molecule has 0 spiro atoms. The van der Waals surface area contributed by atoms with Gasteiger partial charge in [0.25, 0.3) is 5.91 Å². The number of hydrogen-bond donors (Lipinski definition) is 2. The number of amides is 2. The molecule has 0 heterocycles. The Morgan fingerprint density at radius 1 is 0.962 bits per heavy atom. The van der Waals surface area contributed by atoms with Gasteiger partial charge in [-0.1, -0.05) is 0 Å². The summed E-state index contributed by atoms with van der Waals surface area (Å²) in [7, 11) is 0. The molecule has 0 aliphatic carbocycles. The van der Waals surface area contributed by atoms with Crippen LogP contribution in [0.2, 0.25) is 0 Å². The molecule has 0 saturated heterocycles. The van der Waals surface area contributed by atoms with Crippen molar-refractivity contribution in [3.05, 3.63) is 48.0 Å². The van der Waals surface area contributed by atoms with Crippen LogP contribution in [0.1, 0.15) is 24.2 Å². The van der Waals surface area contributed by atoms with Crippen molar-refractivity contribution < 1.29 is 23.9 Å². The average molecular weight is 356 g/mol. The molecule has 0 saturated carbocycles. The Hall–Kier alpha value is -3.35. The van der Waals surface area contributed by atoms with Crippen LogP contribution in [0.5, 0.6) is 11.5 Å². The van der Waals surface area contributed by atoms with Crippen molar-refractivity contribution in [1.29, 1.82) is 0 Å². The van der Waals surface area contributed by atoms with Crippen LogP contribution in [-0.2, 0) is 9.59 Å². The SMILES string of the molecule is CCOc1cc(C=O)ccc1OCC(=O)Nc1ccc(NC(C)=O)cc1. The van der Waals surface area contributed by atoms with Crippen LogP contribution in [-0.4, -0.2) is 31.3 Å². The zero-order valence-corrected chi connectivity index (χ0v) is 14.6. The maximum absolute atomic E-state index is 12.0. The van der Waals surface area contributed by atoms with E-state index in [9.17, 15) is 14.4 Å². The van der Waals surface area contributed by atoms with Gasteiger partial charge in [-0.25, -0.2) is 0 Å². The van der Waals surface area contributed by atoms with Crippen LogP contribution in [0.15, 0.2) is 42.5 Å². The maximum Gasteiger partial charge on any atom is 0.262 e. The van der Waals surface area contributed by atoms with Crippen LogP contribution in [0.25, 0.3) is 0 Å². The van der Waals surface area contributed by atoms with Crippen LogP contribution < -0.4 is 20.1 Å². The summed E-state index contributed by atoms with van der Waals surface area (Å²) in [6, 6.07) is 11.5. The number of benzene rings is 2. The molecular weight excluding hydrogens is 336 g/mol. The molecule has 2 aromatic carbocycles. The number of carbonyl (C=O) groups excluding carboxylic acids is 3. The minimum atomic E-state index is -0.348. The predicted molar refractivity (Wildman–Crippen MR) is 97.9 cm³/mol. The Kier molecular flexibility index (Phi) is 6.73. The fourth-order valence-corrected chi connectivity index (χ4v) is 2.17. The van der Waals surface area contributed by atoms with Gasteiger partial charge in [-0.05, 0) is 49.4 Å². The van der Waals surface area contributed by atoms with Gasteiger partial charge in [-0.15, -0.1) is 0 Å². The lowest BCUT2D eigenvalue weighted by Crippen LogP contribution is -2.20. The minimum absolute atomic E-state index is 0.166. The fourth-order valence-electron chi connectivity index (χ4n) is 2.17. The van der Waals surface area contributed by atoms with Gasteiger partial charge < -0.3 is 20.1 Å². The van der Waals surface area contributed by atoms with Gasteiger partial charge in [0, 0.05) is 23.9 Å². The molecule has 7 nitrogen and oxygen atoms in total. The number of ether oxygens (including phenoxy) is 2. The van der Waals surface area contributed by atoms with E-state index in [1.54, 1.807) is 42.5 Å². The normalized spacial score (nSPS) is 9.92. The number of aldehydes is 1. The second kappa shape index (κ2) is 9.22. The highest BCUT2D eigenvalue weighted by Gasteiger charge is 2.09. The van der Waals surface area contributed by atoms with Crippen molar-refractivity contribution in [1.82, 2.24) is 0 Å². The van der Waals surface area contributed by atoms with Crippen LogP contribution >= 0.6 is 0 Å². The summed E-state index contributed by atoms with van der Waals surface area (Å²) in [4.78, 5) is 33.9. The van der Waals surface area contributed by atoms with Gasteiger partial charge in [-0.2, -0.15) is 0 Å². The molecule has 136 valence electrons. The van der Waals surface area contributed by atoms with Gasteiger partial charge >= 0.3 is 0 Å². The minimum Gasteiger partial charge on any atom is -0.490 e. The van der Waals surface area contributed by atoms with E-state index in [1.807, 2.05) is 6.92 Å². The van der Waals surface area contributed by atoms with E-state index in [0.717, 1.165) is 0 Å². The molecule has 0 radical (unpaired) electrons. The summed E-state index contributed by atoms with van der Waals surface area (Å²) in [5.41, 5.74) is 1.68. The molecular formula is C19H20N2O5. The molecule has 0 aromatic heterocycles. The third-order valence-electron chi connectivity index (χ3n) is 3.25. The van der Waals surface area contributed by atoms with E-state index in [1.165, 1.54) is 6.92 Å². The number of anilines is 2. The zero-order valence-electron chi connectivity index (χ0n) is 14.6. The highest BCUT2D eigenvalue weighted by molar-refractivity contribution is 5.93. The van der Waals surface area contributed by atoms with Gasteiger partial charge in [0.15, 0.2) is 18.1 Å². The molecule has 2 aromatic rings. The van der Waals surface area contributed by atoms with E-state index in [0.29, 0.717) is 41.3 Å². The summed E-state index contributed by atoms with van der Waals surface area (Å²) < 4.78 is 10.9. The van der Waals surface area contributed by atoms with E-state index < -0.39 is 0 Å². The fraction of sp³-hybridized carbons (Fsp3) is 0.211. The summed E-state index contributed by atoms with van der Waals surface area (Å²) in [6.45, 7) is 3.43. The van der Waals surface area contributed by atoms with E-state index in [-0.39, 0.29) is 18.4 Å². The summed E-state index contributed by atoms with van der Waals surface area (Å²) in [5.74, 6) is 0.276. The summed E-state index contributed by atoms with van der Waals surface area (Å²) >= 11 is 0. The van der Waals surface area contributed by atoms with Crippen molar-refractivity contribution >= 4 is 29.5 Å². The molecule has 2 N–H and O–H groups in total. The molecule has 26 heavy (non-hydrogen) atoms. The summed E-state index contributed by atoms with van der Waals surface area (Å²) in [6.07, 6.45) is 0.712. The van der Waals surface area contributed by atoms with Crippen molar-refractivity contribution in [2.75, 3.05) is 23.8 Å². The largest absolute Gasteiger partial charge is 0.490 e. The lowest BCUT2D eigenvalue weighted by Gasteiger charge is -2.12. The Balaban J connectivity index is 1.94. The van der Waals surface area contributed by atoms with Crippen molar-refractivity contribution in [3.63, 3.8) is 0 Å². The molecule has 7 heteroatoms. The maximum atomic E-state index is 12.0. The van der Waals surface area contributed by atoms with Crippen molar-refractivity contribution in [2.45, 2.75) is 13.8 Å². The second-order valence-corrected chi connectivity index (χ2v) is 5.35. The molecule has 0 fully saturated rings. The Labute approximate surface area is 151 Å². The first kappa shape index (κ1) is 19.0. The average Bonchev–Trinajstić information content (AvgIpc) is 2.62. The third kappa shape index (κ3) is 5.62. The number of rotatable bonds is 8. The number of nitrogens with one attached hydrogen (secondary N) is 2. The first-order chi connectivity index (χ1) is 12.5. The van der Waals surface area contributed by atoms with E-state index in [4.69, 9.17) is 9.47 Å². The monoisotopic (exact) mass is 356 g/mol. The van der Waals surface area contributed by atoms with Gasteiger partial charge in [0.2, 0.25) is 5.91 Å². The molecule has 0 aliphatic heterocycles. The zero-order chi connectivity index (χ0) is 18.9. The van der Waals surface area contributed by atoms with Gasteiger partial charge in [0.05, 0.1) is 6.61 Å². The third-order valence-corrected chi connectivity index (χ3v) is 3.25. The van der Waals surface area contributed by atoms with Gasteiger partial charge in [-0.3, -0.25) is 14.4 Å². The molecule has 0 aliphatic rings. The van der Waals surface area contributed by atoms with Crippen LogP contribution in [0.3, 0.4) is 0 Å². The Morgan fingerprint density at radius 3 is 2.19 bits per heavy atom. The predicted octanol–water partition coefficient (Wildman–Crippen LogP) is 2.87. The smallest absolute Gasteiger partial charge is 0.262 e. The molecule has 0 atom stereocenters. The number of hydrogen-bond acceptors (Lipinski definition) is 5. The first-order valence-corrected chi connectivity index (χ1v) is 8.04. The van der Waals surface area contributed by atoms with E-state index >= 15 is 0 Å². The quantitative estimate of drug-likeness (QED) is 0.710. The highest BCUT2D eigenvalue weighted by Crippen LogP contribution is 2.28. The summed E-state index contributed by atoms with van der Waals surface area (Å²) in [5, 5.41) is 5.34. The Morgan fingerprint density at radius 2 is 1.62 bits per heavy atom. The molecule has 2 rings (SSSR count).